The summed E-state index contributed by atoms with van der Waals surface area (Å²) in [6.07, 6.45) is 4.43. The third-order valence-electron chi connectivity index (χ3n) is 2.86. The highest BCUT2D eigenvalue weighted by Gasteiger charge is 2.22. The van der Waals surface area contributed by atoms with Gasteiger partial charge in [-0.15, -0.1) is 0 Å². The fourth-order valence-electron chi connectivity index (χ4n) is 2.17. The largest absolute Gasteiger partial charge is 0.409 e. The first-order chi connectivity index (χ1) is 6.61. The summed E-state index contributed by atoms with van der Waals surface area (Å²) in [7, 11) is 0. The number of nitrogens with one attached hydrogen (secondary N) is 1. The Morgan fingerprint density at radius 1 is 1.64 bits per heavy atom. The highest BCUT2D eigenvalue weighted by Crippen LogP contribution is 2.24. The number of rotatable bonds is 4. The van der Waals surface area contributed by atoms with E-state index in [9.17, 15) is 0 Å². The van der Waals surface area contributed by atoms with Gasteiger partial charge in [-0.25, -0.2) is 0 Å². The Hall–Kier alpha value is -0.770. The number of nitrogens with zero attached hydrogens (tertiary/aromatic N) is 1. The summed E-state index contributed by atoms with van der Waals surface area (Å²) in [5, 5.41) is 14.9. The van der Waals surface area contributed by atoms with E-state index in [-0.39, 0.29) is 0 Å². The highest BCUT2D eigenvalue weighted by molar-refractivity contribution is 5.80. The Balaban J connectivity index is 2.23. The number of hydrogen-bond donors (Lipinski definition) is 3. The molecule has 0 saturated heterocycles. The third kappa shape index (κ3) is 3.54. The summed E-state index contributed by atoms with van der Waals surface area (Å²) in [6, 6.07) is 0.910. The van der Waals surface area contributed by atoms with Gasteiger partial charge in [-0.3, -0.25) is 0 Å². The van der Waals surface area contributed by atoms with Gasteiger partial charge in [0.2, 0.25) is 0 Å². The Morgan fingerprint density at radius 2 is 2.36 bits per heavy atom. The molecule has 1 fully saturated rings. The molecule has 3 atom stereocenters. The lowest BCUT2D eigenvalue weighted by atomic mass is 10.1. The molecule has 4 N–H and O–H groups in total. The second-order valence-electron chi connectivity index (χ2n) is 4.48. The van der Waals surface area contributed by atoms with Crippen molar-refractivity contribution < 1.29 is 5.21 Å². The first-order valence-electron chi connectivity index (χ1n) is 5.34. The topological polar surface area (TPSA) is 70.6 Å². The lowest BCUT2D eigenvalue weighted by Crippen LogP contribution is -2.37. The molecule has 4 nitrogen and oxygen atoms in total. The molecular formula is C10H21N3O. The van der Waals surface area contributed by atoms with Gasteiger partial charge < -0.3 is 16.3 Å². The number of amidine groups is 1. The van der Waals surface area contributed by atoms with Crippen molar-refractivity contribution in [1.82, 2.24) is 5.32 Å². The molecule has 0 aromatic rings. The van der Waals surface area contributed by atoms with Crippen LogP contribution < -0.4 is 11.1 Å². The Morgan fingerprint density at radius 3 is 2.86 bits per heavy atom. The zero-order valence-corrected chi connectivity index (χ0v) is 9.03. The fourth-order valence-corrected chi connectivity index (χ4v) is 2.17. The lowest BCUT2D eigenvalue weighted by Gasteiger charge is -2.18. The van der Waals surface area contributed by atoms with Crippen molar-refractivity contribution in [3.05, 3.63) is 0 Å². The van der Waals surface area contributed by atoms with Crippen LogP contribution in [-0.4, -0.2) is 23.1 Å². The monoisotopic (exact) mass is 199 g/mol. The van der Waals surface area contributed by atoms with Gasteiger partial charge in [-0.05, 0) is 32.1 Å². The van der Waals surface area contributed by atoms with Gasteiger partial charge in [0.25, 0.3) is 0 Å². The van der Waals surface area contributed by atoms with Crippen LogP contribution in [0.4, 0.5) is 0 Å². The minimum atomic E-state index is 0.293. The first kappa shape index (κ1) is 11.3. The van der Waals surface area contributed by atoms with Gasteiger partial charge in [-0.2, -0.15) is 0 Å². The van der Waals surface area contributed by atoms with E-state index >= 15 is 0 Å². The predicted molar refractivity (Wildman–Crippen MR) is 57.4 cm³/mol. The minimum absolute atomic E-state index is 0.293. The van der Waals surface area contributed by atoms with E-state index in [1.807, 2.05) is 0 Å². The van der Waals surface area contributed by atoms with Crippen LogP contribution in [0.5, 0.6) is 0 Å². The molecule has 82 valence electrons. The molecule has 0 radical (unpaired) electrons. The second-order valence-corrected chi connectivity index (χ2v) is 4.48. The standard InChI is InChI=1S/C10H21N3O/c1-7-3-4-9(5-7)12-8(2)6-10(11)13-14/h7-9,12,14H,3-6H2,1-2H3,(H2,11,13). The number of oxime groups is 1. The summed E-state index contributed by atoms with van der Waals surface area (Å²) in [4.78, 5) is 0. The van der Waals surface area contributed by atoms with Gasteiger partial charge in [0.05, 0.1) is 0 Å². The van der Waals surface area contributed by atoms with Crippen molar-refractivity contribution in [2.24, 2.45) is 16.8 Å². The van der Waals surface area contributed by atoms with E-state index in [1.165, 1.54) is 19.3 Å². The molecule has 0 aromatic carbocycles. The van der Waals surface area contributed by atoms with Gasteiger partial charge in [0, 0.05) is 18.5 Å². The van der Waals surface area contributed by atoms with Crippen molar-refractivity contribution in [3.8, 4) is 0 Å². The maximum atomic E-state index is 8.42. The van der Waals surface area contributed by atoms with Crippen molar-refractivity contribution in [2.45, 2.75) is 51.6 Å². The molecule has 0 heterocycles. The van der Waals surface area contributed by atoms with E-state index in [4.69, 9.17) is 10.9 Å². The molecule has 4 heteroatoms. The molecule has 1 saturated carbocycles. The molecule has 1 aliphatic carbocycles. The van der Waals surface area contributed by atoms with Crippen molar-refractivity contribution in [1.29, 1.82) is 0 Å². The molecule has 0 amide bonds. The number of hydrogen-bond acceptors (Lipinski definition) is 3. The van der Waals surface area contributed by atoms with Gasteiger partial charge >= 0.3 is 0 Å². The maximum absolute atomic E-state index is 8.42. The van der Waals surface area contributed by atoms with Crippen LogP contribution in [0.2, 0.25) is 0 Å². The van der Waals surface area contributed by atoms with E-state index in [1.54, 1.807) is 0 Å². The van der Waals surface area contributed by atoms with Crippen LogP contribution in [0.1, 0.15) is 39.5 Å². The fraction of sp³-hybridized carbons (Fsp3) is 0.900. The SMILES string of the molecule is CC1CCC(NC(C)CC(N)=NO)C1. The summed E-state index contributed by atoms with van der Waals surface area (Å²) < 4.78 is 0. The summed E-state index contributed by atoms with van der Waals surface area (Å²) in [5.74, 6) is 1.14. The summed E-state index contributed by atoms with van der Waals surface area (Å²) >= 11 is 0. The summed E-state index contributed by atoms with van der Waals surface area (Å²) in [5.41, 5.74) is 5.44. The molecule has 0 aliphatic heterocycles. The van der Waals surface area contributed by atoms with Crippen molar-refractivity contribution >= 4 is 5.84 Å². The van der Waals surface area contributed by atoms with E-state index < -0.39 is 0 Å². The first-order valence-corrected chi connectivity index (χ1v) is 5.34. The molecule has 0 bridgehead atoms. The smallest absolute Gasteiger partial charge is 0.140 e. The Labute approximate surface area is 85.6 Å². The zero-order valence-electron chi connectivity index (χ0n) is 9.03. The number of nitrogens with two attached hydrogens (primary N) is 1. The Kier molecular flexibility index (Phi) is 4.20. The van der Waals surface area contributed by atoms with Gasteiger partial charge in [0.15, 0.2) is 0 Å². The second kappa shape index (κ2) is 5.20. The summed E-state index contributed by atoms with van der Waals surface area (Å²) in [6.45, 7) is 4.36. The average Bonchev–Trinajstić information content (AvgIpc) is 2.50. The average molecular weight is 199 g/mol. The maximum Gasteiger partial charge on any atom is 0.140 e. The molecular weight excluding hydrogens is 178 g/mol. The van der Waals surface area contributed by atoms with Crippen LogP contribution in [-0.2, 0) is 0 Å². The quantitative estimate of drug-likeness (QED) is 0.276. The molecule has 1 rings (SSSR count). The molecule has 0 aromatic heterocycles. The van der Waals surface area contributed by atoms with Crippen molar-refractivity contribution in [2.75, 3.05) is 0 Å². The zero-order chi connectivity index (χ0) is 10.6. The normalized spacial score (nSPS) is 30.6. The van der Waals surface area contributed by atoms with E-state index in [0.29, 0.717) is 24.3 Å². The van der Waals surface area contributed by atoms with E-state index in [2.05, 4.69) is 24.3 Å². The third-order valence-corrected chi connectivity index (χ3v) is 2.86. The predicted octanol–water partition coefficient (Wildman–Crippen LogP) is 1.29. The molecule has 0 spiro atoms. The van der Waals surface area contributed by atoms with E-state index in [0.717, 1.165) is 5.92 Å². The van der Waals surface area contributed by atoms with Crippen LogP contribution in [0.3, 0.4) is 0 Å². The minimum Gasteiger partial charge on any atom is -0.409 e. The lowest BCUT2D eigenvalue weighted by molar-refractivity contribution is 0.315. The molecule has 14 heavy (non-hydrogen) atoms. The molecule has 3 unspecified atom stereocenters. The molecule has 1 aliphatic rings. The van der Waals surface area contributed by atoms with Gasteiger partial charge in [0.1, 0.15) is 5.84 Å². The van der Waals surface area contributed by atoms with Crippen molar-refractivity contribution in [3.63, 3.8) is 0 Å². The van der Waals surface area contributed by atoms with Crippen LogP contribution in [0.15, 0.2) is 5.16 Å². The van der Waals surface area contributed by atoms with Crippen LogP contribution in [0, 0.1) is 5.92 Å². The van der Waals surface area contributed by atoms with Gasteiger partial charge in [-0.1, -0.05) is 12.1 Å². The van der Waals surface area contributed by atoms with Crippen LogP contribution in [0.25, 0.3) is 0 Å². The van der Waals surface area contributed by atoms with Crippen LogP contribution >= 0.6 is 0 Å². The Bertz CT molecular complexity index is 206. The highest BCUT2D eigenvalue weighted by atomic mass is 16.4.